The first-order chi connectivity index (χ1) is 14.3. The van der Waals surface area contributed by atoms with Crippen molar-refractivity contribution in [2.24, 2.45) is 5.92 Å². The molecule has 2 amide bonds. The number of amides is 2. The number of benzene rings is 1. The molecule has 3 aromatic rings. The van der Waals surface area contributed by atoms with Gasteiger partial charge in [-0.3, -0.25) is 9.59 Å². The van der Waals surface area contributed by atoms with Gasteiger partial charge in [0.2, 0.25) is 5.91 Å². The third-order valence-electron chi connectivity index (χ3n) is 5.16. The molecule has 0 spiro atoms. The Bertz CT molecular complexity index is 1110. The van der Waals surface area contributed by atoms with Crippen LogP contribution in [-0.2, 0) is 4.79 Å². The molecule has 0 unspecified atom stereocenters. The lowest BCUT2D eigenvalue weighted by atomic mass is 10.1. The second kappa shape index (κ2) is 8.14. The highest BCUT2D eigenvalue weighted by atomic mass is 32.1. The summed E-state index contributed by atoms with van der Waals surface area (Å²) in [6.07, 6.45) is 2.78. The summed E-state index contributed by atoms with van der Waals surface area (Å²) in [6.45, 7) is 7.96. The van der Waals surface area contributed by atoms with Crippen LogP contribution in [0.25, 0.3) is 10.2 Å². The van der Waals surface area contributed by atoms with Crippen molar-refractivity contribution >= 4 is 44.7 Å². The molecular weight excluding hydrogens is 396 g/mol. The first-order valence-corrected chi connectivity index (χ1v) is 11.1. The molecule has 6 nitrogen and oxygen atoms in total. The van der Waals surface area contributed by atoms with Gasteiger partial charge in [-0.05, 0) is 62.4 Å². The Kier molecular flexibility index (Phi) is 5.56. The lowest BCUT2D eigenvalue weighted by molar-refractivity contribution is -0.116. The van der Waals surface area contributed by atoms with E-state index in [0.29, 0.717) is 28.8 Å². The highest BCUT2D eigenvalue weighted by molar-refractivity contribution is 7.20. The van der Waals surface area contributed by atoms with Gasteiger partial charge in [0, 0.05) is 29.1 Å². The fourth-order valence-corrected chi connectivity index (χ4v) is 4.64. The standard InChI is InChI=1S/C23H26N4O2S/c1-12(2)11-18(28)25-16-7-9-17(10-8-16)26-22(29)20-13(3)19-14(4)24-21(15-5-6-15)27-23(19)30-20/h7-10,12,15H,5-6,11H2,1-4H3,(H,25,28)(H,26,29). The molecule has 156 valence electrons. The van der Waals surface area contributed by atoms with E-state index in [4.69, 9.17) is 4.98 Å². The van der Waals surface area contributed by atoms with Crippen LogP contribution in [0.5, 0.6) is 0 Å². The Morgan fingerprint density at radius 2 is 1.70 bits per heavy atom. The van der Waals surface area contributed by atoms with Gasteiger partial charge in [-0.1, -0.05) is 13.8 Å². The van der Waals surface area contributed by atoms with E-state index in [0.717, 1.165) is 45.8 Å². The lowest BCUT2D eigenvalue weighted by Gasteiger charge is -2.09. The predicted molar refractivity (Wildman–Crippen MR) is 121 cm³/mol. The minimum atomic E-state index is -0.153. The average Bonchev–Trinajstić information content (AvgIpc) is 3.46. The zero-order valence-electron chi connectivity index (χ0n) is 17.7. The SMILES string of the molecule is Cc1nc(C2CC2)nc2sc(C(=O)Nc3ccc(NC(=O)CC(C)C)cc3)c(C)c12. The lowest BCUT2D eigenvalue weighted by Crippen LogP contribution is -2.14. The first-order valence-electron chi connectivity index (χ1n) is 10.3. The van der Waals surface area contributed by atoms with Crippen molar-refractivity contribution in [1.82, 2.24) is 9.97 Å². The van der Waals surface area contributed by atoms with E-state index in [1.807, 2.05) is 27.7 Å². The van der Waals surface area contributed by atoms with E-state index in [1.54, 1.807) is 24.3 Å². The number of nitrogens with zero attached hydrogens (tertiary/aromatic N) is 2. The van der Waals surface area contributed by atoms with Gasteiger partial charge in [0.05, 0.1) is 10.6 Å². The van der Waals surface area contributed by atoms with Crippen molar-refractivity contribution in [2.45, 2.75) is 52.9 Å². The van der Waals surface area contributed by atoms with Gasteiger partial charge in [-0.15, -0.1) is 11.3 Å². The van der Waals surface area contributed by atoms with Crippen molar-refractivity contribution in [3.63, 3.8) is 0 Å². The Morgan fingerprint density at radius 3 is 2.30 bits per heavy atom. The second-order valence-electron chi connectivity index (χ2n) is 8.36. The van der Waals surface area contributed by atoms with Crippen LogP contribution in [0.1, 0.15) is 65.8 Å². The predicted octanol–water partition coefficient (Wildman–Crippen LogP) is 5.42. The molecule has 2 heterocycles. The van der Waals surface area contributed by atoms with Crippen LogP contribution in [-0.4, -0.2) is 21.8 Å². The quantitative estimate of drug-likeness (QED) is 0.555. The molecule has 1 aliphatic carbocycles. The average molecular weight is 423 g/mol. The largest absolute Gasteiger partial charge is 0.326 e. The van der Waals surface area contributed by atoms with Crippen LogP contribution >= 0.6 is 11.3 Å². The molecule has 2 N–H and O–H groups in total. The maximum absolute atomic E-state index is 12.9. The number of carbonyl (C=O) groups is 2. The van der Waals surface area contributed by atoms with Crippen LogP contribution in [0, 0.1) is 19.8 Å². The van der Waals surface area contributed by atoms with Gasteiger partial charge in [0.15, 0.2) is 0 Å². The Morgan fingerprint density at radius 1 is 1.07 bits per heavy atom. The summed E-state index contributed by atoms with van der Waals surface area (Å²) in [5, 5.41) is 6.81. The smallest absolute Gasteiger partial charge is 0.266 e. The second-order valence-corrected chi connectivity index (χ2v) is 9.35. The molecule has 7 heteroatoms. The van der Waals surface area contributed by atoms with Crippen molar-refractivity contribution in [2.75, 3.05) is 10.6 Å². The number of nitrogens with one attached hydrogen (secondary N) is 2. The fourth-order valence-electron chi connectivity index (χ4n) is 3.51. The minimum Gasteiger partial charge on any atom is -0.326 e. The Hall–Kier alpha value is -2.80. The number of hydrogen-bond donors (Lipinski definition) is 2. The number of aryl methyl sites for hydroxylation is 2. The molecule has 0 atom stereocenters. The summed E-state index contributed by atoms with van der Waals surface area (Å²) < 4.78 is 0. The van der Waals surface area contributed by atoms with Gasteiger partial charge in [-0.25, -0.2) is 9.97 Å². The first kappa shape index (κ1) is 20.5. The molecule has 0 saturated heterocycles. The van der Waals surface area contributed by atoms with Crippen molar-refractivity contribution in [3.8, 4) is 0 Å². The van der Waals surface area contributed by atoms with Gasteiger partial charge in [-0.2, -0.15) is 0 Å². The van der Waals surface area contributed by atoms with Gasteiger partial charge < -0.3 is 10.6 Å². The van der Waals surface area contributed by atoms with Crippen LogP contribution in [0.3, 0.4) is 0 Å². The number of fused-ring (bicyclic) bond motifs is 1. The maximum atomic E-state index is 12.9. The normalized spacial score (nSPS) is 13.6. The third-order valence-corrected chi connectivity index (χ3v) is 6.34. The Labute approximate surface area is 180 Å². The molecule has 1 saturated carbocycles. The monoisotopic (exact) mass is 422 g/mol. The van der Waals surface area contributed by atoms with Crippen molar-refractivity contribution in [3.05, 3.63) is 46.2 Å². The van der Waals surface area contributed by atoms with Gasteiger partial charge in [0.25, 0.3) is 5.91 Å². The number of anilines is 2. The number of hydrogen-bond acceptors (Lipinski definition) is 5. The zero-order chi connectivity index (χ0) is 21.4. The summed E-state index contributed by atoms with van der Waals surface area (Å²) in [4.78, 5) is 35.7. The molecule has 0 radical (unpaired) electrons. The number of thiophene rings is 1. The van der Waals surface area contributed by atoms with Gasteiger partial charge in [0.1, 0.15) is 10.7 Å². The van der Waals surface area contributed by atoms with Crippen LogP contribution in [0.15, 0.2) is 24.3 Å². The number of rotatable bonds is 6. The molecule has 0 bridgehead atoms. The number of carbonyl (C=O) groups excluding carboxylic acids is 2. The van der Waals surface area contributed by atoms with Crippen molar-refractivity contribution in [1.29, 1.82) is 0 Å². The molecule has 4 rings (SSSR count). The van der Waals surface area contributed by atoms with E-state index < -0.39 is 0 Å². The van der Waals surface area contributed by atoms with E-state index in [9.17, 15) is 9.59 Å². The molecule has 2 aromatic heterocycles. The summed E-state index contributed by atoms with van der Waals surface area (Å²) in [7, 11) is 0. The summed E-state index contributed by atoms with van der Waals surface area (Å²) in [5.41, 5.74) is 3.26. The van der Waals surface area contributed by atoms with Crippen molar-refractivity contribution < 1.29 is 9.59 Å². The van der Waals surface area contributed by atoms with Gasteiger partial charge >= 0.3 is 0 Å². The summed E-state index contributed by atoms with van der Waals surface area (Å²) in [5.74, 6) is 1.53. The maximum Gasteiger partial charge on any atom is 0.266 e. The van der Waals surface area contributed by atoms with Crippen LogP contribution < -0.4 is 10.6 Å². The third kappa shape index (κ3) is 4.36. The Balaban J connectivity index is 1.49. The molecule has 30 heavy (non-hydrogen) atoms. The summed E-state index contributed by atoms with van der Waals surface area (Å²) >= 11 is 1.42. The fraction of sp³-hybridized carbons (Fsp3) is 0.391. The number of aromatic nitrogens is 2. The highest BCUT2D eigenvalue weighted by Crippen LogP contribution is 2.40. The molecule has 1 aromatic carbocycles. The summed E-state index contributed by atoms with van der Waals surface area (Å²) in [6, 6.07) is 7.18. The minimum absolute atomic E-state index is 0.00951. The topological polar surface area (TPSA) is 84.0 Å². The van der Waals surface area contributed by atoms with E-state index in [2.05, 4.69) is 15.6 Å². The van der Waals surface area contributed by atoms with E-state index in [-0.39, 0.29) is 11.8 Å². The van der Waals surface area contributed by atoms with Crippen LogP contribution in [0.2, 0.25) is 0 Å². The molecule has 1 aliphatic rings. The van der Waals surface area contributed by atoms with Crippen LogP contribution in [0.4, 0.5) is 11.4 Å². The highest BCUT2D eigenvalue weighted by Gasteiger charge is 2.28. The molecule has 0 aliphatic heterocycles. The zero-order valence-corrected chi connectivity index (χ0v) is 18.5. The molecular formula is C23H26N4O2S. The van der Waals surface area contributed by atoms with E-state index in [1.165, 1.54) is 11.3 Å². The molecule has 1 fully saturated rings. The van der Waals surface area contributed by atoms with E-state index >= 15 is 0 Å².